The molecule has 0 spiro atoms. The second kappa shape index (κ2) is 5.42. The van der Waals surface area contributed by atoms with Gasteiger partial charge in [0.1, 0.15) is 16.1 Å². The second-order valence-corrected chi connectivity index (χ2v) is 4.93. The average Bonchev–Trinajstić information content (AvgIpc) is 2.69. The van der Waals surface area contributed by atoms with Gasteiger partial charge in [-0.1, -0.05) is 0 Å². The number of rotatable bonds is 4. The molecule has 2 aromatic heterocycles. The molecule has 1 N–H and O–H groups in total. The molecule has 0 bridgehead atoms. The lowest BCUT2D eigenvalue weighted by Gasteiger charge is -2.06. The number of nitrogens with zero attached hydrogens (tertiary/aromatic N) is 3. The van der Waals surface area contributed by atoms with Gasteiger partial charge in [-0.2, -0.15) is 0 Å². The molecule has 0 saturated carbocycles. The lowest BCUT2D eigenvalue weighted by molar-refractivity contribution is 0.410. The molecule has 0 aromatic carbocycles. The van der Waals surface area contributed by atoms with Crippen LogP contribution in [0.4, 0.5) is 0 Å². The number of aromatic amines is 1. The average molecular weight is 295 g/mol. The predicted molar refractivity (Wildman–Crippen MR) is 71.8 cm³/mol. The van der Waals surface area contributed by atoms with Gasteiger partial charge in [-0.3, -0.25) is 4.98 Å². The van der Waals surface area contributed by atoms with Crippen LogP contribution in [-0.2, 0) is 6.42 Å². The molecular formula is C12H15BrN4. The van der Waals surface area contributed by atoms with Gasteiger partial charge >= 0.3 is 0 Å². The number of hydrogen-bond donors (Lipinski definition) is 1. The molecule has 5 heteroatoms. The van der Waals surface area contributed by atoms with Crippen LogP contribution in [0.5, 0.6) is 0 Å². The van der Waals surface area contributed by atoms with E-state index in [1.807, 2.05) is 12.1 Å². The van der Waals surface area contributed by atoms with Crippen LogP contribution in [0.15, 0.2) is 29.1 Å². The summed E-state index contributed by atoms with van der Waals surface area (Å²) < 4.78 is 0.928. The van der Waals surface area contributed by atoms with Crippen molar-refractivity contribution in [2.24, 2.45) is 0 Å². The fraction of sp³-hybridized carbons (Fsp3) is 0.333. The Kier molecular flexibility index (Phi) is 3.91. The third-order valence-corrected chi connectivity index (χ3v) is 3.03. The van der Waals surface area contributed by atoms with Crippen LogP contribution in [0.25, 0.3) is 11.3 Å². The summed E-state index contributed by atoms with van der Waals surface area (Å²) in [5.74, 6) is 0.998. The van der Waals surface area contributed by atoms with E-state index in [1.54, 1.807) is 12.4 Å². The maximum Gasteiger partial charge on any atom is 0.110 e. The first-order valence-electron chi connectivity index (χ1n) is 5.46. The Morgan fingerprint density at radius 2 is 2.00 bits per heavy atom. The van der Waals surface area contributed by atoms with Crippen LogP contribution in [0.1, 0.15) is 5.82 Å². The summed E-state index contributed by atoms with van der Waals surface area (Å²) in [5.41, 5.74) is 2.01. The number of imidazole rings is 1. The highest BCUT2D eigenvalue weighted by Gasteiger charge is 2.09. The normalized spacial score (nSPS) is 11.1. The predicted octanol–water partition coefficient (Wildman–Crippen LogP) is 2.34. The minimum atomic E-state index is 0.913. The zero-order valence-electron chi connectivity index (χ0n) is 9.94. The molecule has 0 amide bonds. The lowest BCUT2D eigenvalue weighted by atomic mass is 10.2. The van der Waals surface area contributed by atoms with Gasteiger partial charge < -0.3 is 9.88 Å². The standard InChI is InChI=1S/C12H15BrN4/c1-17(2)8-5-10-15-11(12(13)16-10)9-3-6-14-7-4-9/h3-4,6-7H,5,8H2,1-2H3,(H,15,16). The maximum atomic E-state index is 4.60. The van der Waals surface area contributed by atoms with Crippen molar-refractivity contribution >= 4 is 15.9 Å². The highest BCUT2D eigenvalue weighted by molar-refractivity contribution is 9.10. The summed E-state index contributed by atoms with van der Waals surface area (Å²) in [6, 6.07) is 3.91. The Morgan fingerprint density at radius 3 is 2.65 bits per heavy atom. The van der Waals surface area contributed by atoms with E-state index >= 15 is 0 Å². The molecule has 0 aliphatic heterocycles. The summed E-state index contributed by atoms with van der Waals surface area (Å²) in [4.78, 5) is 14.0. The Bertz CT molecular complexity index is 479. The summed E-state index contributed by atoms with van der Waals surface area (Å²) in [6.07, 6.45) is 4.46. The van der Waals surface area contributed by atoms with E-state index in [0.717, 1.165) is 34.7 Å². The first-order chi connectivity index (χ1) is 8.16. The van der Waals surface area contributed by atoms with Crippen molar-refractivity contribution in [2.75, 3.05) is 20.6 Å². The topological polar surface area (TPSA) is 44.8 Å². The smallest absolute Gasteiger partial charge is 0.110 e. The van der Waals surface area contributed by atoms with E-state index in [2.05, 4.69) is 49.9 Å². The number of aromatic nitrogens is 3. The van der Waals surface area contributed by atoms with Gasteiger partial charge in [0.15, 0.2) is 0 Å². The van der Waals surface area contributed by atoms with Crippen LogP contribution in [0.3, 0.4) is 0 Å². The lowest BCUT2D eigenvalue weighted by Crippen LogP contribution is -2.15. The molecule has 2 heterocycles. The van der Waals surface area contributed by atoms with Gasteiger partial charge in [-0.05, 0) is 42.2 Å². The van der Waals surface area contributed by atoms with Gasteiger partial charge in [0.25, 0.3) is 0 Å². The fourth-order valence-electron chi connectivity index (χ4n) is 1.55. The van der Waals surface area contributed by atoms with E-state index in [0.29, 0.717) is 0 Å². The van der Waals surface area contributed by atoms with Crippen molar-refractivity contribution in [2.45, 2.75) is 6.42 Å². The van der Waals surface area contributed by atoms with Crippen molar-refractivity contribution in [1.29, 1.82) is 0 Å². The molecule has 0 unspecified atom stereocenters. The quantitative estimate of drug-likeness (QED) is 0.941. The van der Waals surface area contributed by atoms with Crippen LogP contribution >= 0.6 is 15.9 Å². The highest BCUT2D eigenvalue weighted by atomic mass is 79.9. The highest BCUT2D eigenvalue weighted by Crippen LogP contribution is 2.25. The summed E-state index contributed by atoms with van der Waals surface area (Å²) >= 11 is 3.51. The molecule has 2 aromatic rings. The molecular weight excluding hydrogens is 280 g/mol. The zero-order chi connectivity index (χ0) is 12.3. The molecule has 0 aliphatic rings. The largest absolute Gasteiger partial charge is 0.336 e. The zero-order valence-corrected chi connectivity index (χ0v) is 11.5. The van der Waals surface area contributed by atoms with Gasteiger partial charge in [-0.15, -0.1) is 0 Å². The third-order valence-electron chi connectivity index (χ3n) is 2.46. The molecule has 0 fully saturated rings. The molecule has 17 heavy (non-hydrogen) atoms. The summed E-state index contributed by atoms with van der Waals surface area (Å²) in [5, 5.41) is 0. The van der Waals surface area contributed by atoms with Gasteiger partial charge in [-0.25, -0.2) is 4.98 Å². The third kappa shape index (κ3) is 3.14. The first kappa shape index (κ1) is 12.3. The number of nitrogens with one attached hydrogen (secondary N) is 1. The molecule has 90 valence electrons. The van der Waals surface area contributed by atoms with Gasteiger partial charge in [0.05, 0.1) is 0 Å². The van der Waals surface area contributed by atoms with Crippen LogP contribution < -0.4 is 0 Å². The molecule has 0 aliphatic carbocycles. The SMILES string of the molecule is CN(C)CCc1nc(-c2ccncc2)c(Br)[nH]1. The number of halogens is 1. The first-order valence-corrected chi connectivity index (χ1v) is 6.25. The maximum absolute atomic E-state index is 4.60. The fourth-order valence-corrected chi connectivity index (χ4v) is 2.09. The minimum Gasteiger partial charge on any atom is -0.336 e. The Balaban J connectivity index is 2.20. The number of likely N-dealkylation sites (N-methyl/N-ethyl adjacent to an activating group) is 1. The molecule has 0 atom stereocenters. The Labute approximate surface area is 109 Å². The molecule has 2 rings (SSSR count). The molecule has 0 radical (unpaired) electrons. The van der Waals surface area contributed by atoms with E-state index < -0.39 is 0 Å². The van der Waals surface area contributed by atoms with E-state index in [-0.39, 0.29) is 0 Å². The van der Waals surface area contributed by atoms with Gasteiger partial charge in [0, 0.05) is 30.9 Å². The molecule has 4 nitrogen and oxygen atoms in total. The van der Waals surface area contributed by atoms with Crippen LogP contribution in [-0.4, -0.2) is 40.5 Å². The Morgan fingerprint density at radius 1 is 1.29 bits per heavy atom. The number of H-pyrrole nitrogens is 1. The van der Waals surface area contributed by atoms with E-state index in [1.165, 1.54) is 0 Å². The van der Waals surface area contributed by atoms with Crippen molar-refractivity contribution < 1.29 is 0 Å². The Hall–Kier alpha value is -1.20. The second-order valence-electron chi connectivity index (χ2n) is 4.14. The number of hydrogen-bond acceptors (Lipinski definition) is 3. The van der Waals surface area contributed by atoms with E-state index in [9.17, 15) is 0 Å². The van der Waals surface area contributed by atoms with Crippen molar-refractivity contribution in [1.82, 2.24) is 19.9 Å². The minimum absolute atomic E-state index is 0.913. The van der Waals surface area contributed by atoms with Crippen molar-refractivity contribution in [3.05, 3.63) is 35.0 Å². The van der Waals surface area contributed by atoms with E-state index in [4.69, 9.17) is 0 Å². The summed E-state index contributed by atoms with van der Waals surface area (Å²) in [7, 11) is 4.11. The van der Waals surface area contributed by atoms with Crippen molar-refractivity contribution in [3.63, 3.8) is 0 Å². The van der Waals surface area contributed by atoms with Crippen LogP contribution in [0.2, 0.25) is 0 Å². The number of pyridine rings is 1. The monoisotopic (exact) mass is 294 g/mol. The van der Waals surface area contributed by atoms with Crippen LogP contribution in [0, 0.1) is 0 Å². The molecule has 0 saturated heterocycles. The van der Waals surface area contributed by atoms with Crippen molar-refractivity contribution in [3.8, 4) is 11.3 Å². The van der Waals surface area contributed by atoms with Gasteiger partial charge in [0.2, 0.25) is 0 Å². The summed E-state index contributed by atoms with van der Waals surface area (Å²) in [6.45, 7) is 0.982.